The Kier molecular flexibility index (Phi) is 6.07. The molecule has 4 rings (SSSR count). The quantitative estimate of drug-likeness (QED) is 0.811. The minimum Gasteiger partial charge on any atom is -0.376 e. The topological polar surface area (TPSA) is 79.5 Å². The summed E-state index contributed by atoms with van der Waals surface area (Å²) in [6.45, 7) is 9.96. The zero-order valence-corrected chi connectivity index (χ0v) is 16.8. The molecule has 2 aliphatic heterocycles. The molecule has 2 unspecified atom stereocenters. The van der Waals surface area contributed by atoms with Crippen LogP contribution in [0.15, 0.2) is 29.2 Å². The van der Waals surface area contributed by atoms with Crippen molar-refractivity contribution in [3.8, 4) is 0 Å². The Balaban J connectivity index is 1.35. The number of rotatable bonds is 6. The largest absolute Gasteiger partial charge is 0.376 e. The molecule has 2 saturated heterocycles. The van der Waals surface area contributed by atoms with Gasteiger partial charge in [-0.25, -0.2) is 9.97 Å². The molecular weight excluding hydrogens is 356 g/mol. The maximum Gasteiger partial charge on any atom is 0.134 e. The number of aromatic nitrogens is 3. The first kappa shape index (κ1) is 19.1. The van der Waals surface area contributed by atoms with Crippen molar-refractivity contribution in [3.63, 3.8) is 0 Å². The summed E-state index contributed by atoms with van der Waals surface area (Å²) < 4.78 is 10.9. The average molecular weight is 387 g/mol. The molecule has 28 heavy (non-hydrogen) atoms. The van der Waals surface area contributed by atoms with E-state index in [0.29, 0.717) is 12.0 Å². The third-order valence-electron chi connectivity index (χ3n) is 5.58. The van der Waals surface area contributed by atoms with E-state index in [1.807, 2.05) is 6.07 Å². The zero-order valence-electron chi connectivity index (χ0n) is 16.8. The lowest BCUT2D eigenvalue weighted by Crippen LogP contribution is -2.46. The van der Waals surface area contributed by atoms with Gasteiger partial charge in [0.25, 0.3) is 0 Å². The van der Waals surface area contributed by atoms with Crippen LogP contribution >= 0.6 is 0 Å². The number of nitrogens with one attached hydrogen (secondary N) is 1. The monoisotopic (exact) mass is 386 g/mol. The van der Waals surface area contributed by atoms with Gasteiger partial charge in [0.05, 0.1) is 17.8 Å². The van der Waals surface area contributed by atoms with E-state index >= 15 is 0 Å². The van der Waals surface area contributed by atoms with E-state index in [-0.39, 0.29) is 6.10 Å². The minimum absolute atomic E-state index is 0.229. The van der Waals surface area contributed by atoms with Crippen molar-refractivity contribution in [2.45, 2.75) is 45.4 Å². The summed E-state index contributed by atoms with van der Waals surface area (Å²) in [5.41, 5.74) is 0.983. The van der Waals surface area contributed by atoms with Crippen LogP contribution in [0.5, 0.6) is 0 Å². The number of piperazine rings is 1. The molecule has 0 bridgehead atoms. The van der Waals surface area contributed by atoms with Crippen LogP contribution in [0, 0.1) is 5.92 Å². The van der Waals surface area contributed by atoms with Crippen molar-refractivity contribution in [2.24, 2.45) is 5.92 Å². The van der Waals surface area contributed by atoms with Gasteiger partial charge in [-0.1, -0.05) is 19.0 Å². The molecule has 2 atom stereocenters. The van der Waals surface area contributed by atoms with E-state index in [9.17, 15) is 0 Å². The molecule has 2 fully saturated rings. The molecule has 1 N–H and O–H groups in total. The molecule has 0 radical (unpaired) electrons. The summed E-state index contributed by atoms with van der Waals surface area (Å²) in [5.74, 6) is 2.35. The van der Waals surface area contributed by atoms with Crippen LogP contribution in [0.4, 0.5) is 11.6 Å². The van der Waals surface area contributed by atoms with E-state index in [0.717, 1.165) is 69.5 Å². The van der Waals surface area contributed by atoms with Gasteiger partial charge in [-0.2, -0.15) is 0 Å². The van der Waals surface area contributed by atoms with E-state index in [1.165, 1.54) is 0 Å². The molecule has 0 aliphatic carbocycles. The number of ether oxygens (including phenoxy) is 1. The normalized spacial score (nSPS) is 23.9. The fraction of sp³-hybridized carbons (Fsp3) is 0.650. The summed E-state index contributed by atoms with van der Waals surface area (Å²) in [4.78, 5) is 13.7. The van der Waals surface area contributed by atoms with Gasteiger partial charge >= 0.3 is 0 Å². The van der Waals surface area contributed by atoms with Crippen LogP contribution in [0.3, 0.4) is 0 Å². The summed E-state index contributed by atoms with van der Waals surface area (Å²) in [5, 5.41) is 7.60. The highest BCUT2D eigenvalue weighted by molar-refractivity contribution is 5.49. The number of hydrogen-bond donors (Lipinski definition) is 1. The highest BCUT2D eigenvalue weighted by Gasteiger charge is 2.29. The van der Waals surface area contributed by atoms with Gasteiger partial charge in [-0.15, -0.1) is 0 Å². The van der Waals surface area contributed by atoms with Crippen molar-refractivity contribution in [3.05, 3.63) is 30.4 Å². The van der Waals surface area contributed by atoms with Crippen LogP contribution in [0.25, 0.3) is 0 Å². The predicted octanol–water partition coefficient (Wildman–Crippen LogP) is 2.40. The SMILES string of the molecule is CC(C)C1OCCCC1Nc1cc(N2CCN(Cc3ccon3)CC2)ncn1. The van der Waals surface area contributed by atoms with Crippen molar-refractivity contribution >= 4 is 11.6 Å². The Morgan fingerprint density at radius 3 is 2.82 bits per heavy atom. The number of nitrogens with zero attached hydrogens (tertiary/aromatic N) is 5. The Bertz CT molecular complexity index is 730. The number of anilines is 2. The molecule has 152 valence electrons. The second-order valence-electron chi connectivity index (χ2n) is 7.99. The first-order valence-electron chi connectivity index (χ1n) is 10.3. The van der Waals surface area contributed by atoms with Gasteiger partial charge in [0.1, 0.15) is 24.2 Å². The van der Waals surface area contributed by atoms with Crippen LogP contribution < -0.4 is 10.2 Å². The molecule has 2 aromatic rings. The van der Waals surface area contributed by atoms with Gasteiger partial charge in [0.15, 0.2) is 0 Å². The van der Waals surface area contributed by atoms with Gasteiger partial charge in [0, 0.05) is 51.5 Å². The lowest BCUT2D eigenvalue weighted by molar-refractivity contribution is -0.0203. The third kappa shape index (κ3) is 4.62. The summed E-state index contributed by atoms with van der Waals surface area (Å²) in [6, 6.07) is 4.30. The lowest BCUT2D eigenvalue weighted by atomic mass is 9.94. The van der Waals surface area contributed by atoms with E-state index < -0.39 is 0 Å². The molecule has 4 heterocycles. The fourth-order valence-corrected chi connectivity index (χ4v) is 4.09. The van der Waals surface area contributed by atoms with Gasteiger partial charge in [-0.05, 0) is 18.8 Å². The lowest BCUT2D eigenvalue weighted by Gasteiger charge is -2.36. The highest BCUT2D eigenvalue weighted by Crippen LogP contribution is 2.24. The molecule has 8 nitrogen and oxygen atoms in total. The summed E-state index contributed by atoms with van der Waals surface area (Å²) in [7, 11) is 0. The van der Waals surface area contributed by atoms with Crippen LogP contribution in [0.2, 0.25) is 0 Å². The Morgan fingerprint density at radius 2 is 2.07 bits per heavy atom. The van der Waals surface area contributed by atoms with E-state index in [2.05, 4.69) is 50.2 Å². The molecule has 0 aromatic carbocycles. The predicted molar refractivity (Wildman–Crippen MR) is 107 cm³/mol. The molecule has 2 aliphatic rings. The smallest absolute Gasteiger partial charge is 0.134 e. The average Bonchev–Trinajstić information content (AvgIpc) is 3.22. The minimum atomic E-state index is 0.229. The number of hydrogen-bond acceptors (Lipinski definition) is 8. The summed E-state index contributed by atoms with van der Waals surface area (Å²) in [6.07, 6.45) is 5.72. The summed E-state index contributed by atoms with van der Waals surface area (Å²) >= 11 is 0. The Hall–Kier alpha value is -2.19. The molecule has 8 heteroatoms. The van der Waals surface area contributed by atoms with Crippen molar-refractivity contribution < 1.29 is 9.26 Å². The highest BCUT2D eigenvalue weighted by atomic mass is 16.5. The van der Waals surface area contributed by atoms with Crippen molar-refractivity contribution in [2.75, 3.05) is 43.0 Å². The maximum atomic E-state index is 5.99. The molecule has 0 amide bonds. The second-order valence-corrected chi connectivity index (χ2v) is 7.99. The van der Waals surface area contributed by atoms with Crippen LogP contribution in [-0.4, -0.2) is 65.0 Å². The van der Waals surface area contributed by atoms with Gasteiger partial charge in [0.2, 0.25) is 0 Å². The standard InChI is InChI=1S/C20H30N6O2/c1-15(2)20-17(4-3-10-27-20)23-18-12-19(22-14-21-18)26-8-6-25(7-9-26)13-16-5-11-28-24-16/h5,11-12,14-15,17,20H,3-4,6-10,13H2,1-2H3,(H,21,22,23). The van der Waals surface area contributed by atoms with E-state index in [1.54, 1.807) is 12.6 Å². The van der Waals surface area contributed by atoms with Gasteiger partial charge in [-0.3, -0.25) is 4.90 Å². The molecular formula is C20H30N6O2. The first-order valence-corrected chi connectivity index (χ1v) is 10.3. The maximum absolute atomic E-state index is 5.99. The van der Waals surface area contributed by atoms with Crippen LogP contribution in [0.1, 0.15) is 32.4 Å². The first-order chi connectivity index (χ1) is 13.7. The Labute approximate surface area is 166 Å². The molecule has 2 aromatic heterocycles. The van der Waals surface area contributed by atoms with E-state index in [4.69, 9.17) is 9.26 Å². The van der Waals surface area contributed by atoms with Crippen molar-refractivity contribution in [1.82, 2.24) is 20.0 Å². The van der Waals surface area contributed by atoms with Crippen LogP contribution in [-0.2, 0) is 11.3 Å². The molecule has 0 spiro atoms. The zero-order chi connectivity index (χ0) is 19.3. The fourth-order valence-electron chi connectivity index (χ4n) is 4.09. The second kappa shape index (κ2) is 8.87. The third-order valence-corrected chi connectivity index (χ3v) is 5.58. The van der Waals surface area contributed by atoms with Crippen molar-refractivity contribution in [1.29, 1.82) is 0 Å². The van der Waals surface area contributed by atoms with Gasteiger partial charge < -0.3 is 19.5 Å². The Morgan fingerprint density at radius 1 is 1.21 bits per heavy atom. The molecule has 0 saturated carbocycles.